The Balaban J connectivity index is 1.42. The number of carbonyl (C=O) groups is 1. The van der Waals surface area contributed by atoms with E-state index in [1.807, 2.05) is 80.1 Å². The third kappa shape index (κ3) is 5.27. The Morgan fingerprint density at radius 3 is 2.00 bits per heavy atom. The molecule has 0 unspecified atom stereocenters. The largest absolute Gasteiger partial charge is 0.444 e. The van der Waals surface area contributed by atoms with Crippen molar-refractivity contribution >= 4 is 17.1 Å². The quantitative estimate of drug-likeness (QED) is 0.178. The Hall–Kier alpha value is -5.81. The Bertz CT molecular complexity index is 2070. The third-order valence-electron chi connectivity index (χ3n) is 8.81. The van der Waals surface area contributed by atoms with E-state index in [4.69, 9.17) is 14.8 Å². The van der Waals surface area contributed by atoms with Crippen LogP contribution in [0.2, 0.25) is 0 Å². The summed E-state index contributed by atoms with van der Waals surface area (Å²) in [6.07, 6.45) is 1.66. The zero-order chi connectivity index (χ0) is 33.5. The number of carbonyl (C=O) groups excluding carboxylic acids is 1. The van der Waals surface area contributed by atoms with Crippen LogP contribution in [0.15, 0.2) is 115 Å². The van der Waals surface area contributed by atoms with E-state index in [0.717, 1.165) is 27.8 Å². The molecule has 4 aromatic carbocycles. The lowest BCUT2D eigenvalue weighted by Crippen LogP contribution is -2.40. The van der Waals surface area contributed by atoms with E-state index in [0.29, 0.717) is 24.0 Å². The van der Waals surface area contributed by atoms with Gasteiger partial charge in [-0.15, -0.1) is 0 Å². The molecule has 7 rings (SSSR count). The summed E-state index contributed by atoms with van der Waals surface area (Å²) in [6, 6.07) is 37.6. The molecule has 3 heterocycles. The zero-order valence-corrected chi connectivity index (χ0v) is 27.0. The lowest BCUT2D eigenvalue weighted by Gasteiger charge is -2.37. The molecule has 1 amide bonds. The van der Waals surface area contributed by atoms with Crippen LogP contribution in [-0.4, -0.2) is 37.9 Å². The van der Waals surface area contributed by atoms with Gasteiger partial charge in [0.05, 0.1) is 23.0 Å². The molecule has 0 atom stereocenters. The van der Waals surface area contributed by atoms with Crippen molar-refractivity contribution in [1.29, 1.82) is 5.26 Å². The Morgan fingerprint density at radius 2 is 1.46 bits per heavy atom. The van der Waals surface area contributed by atoms with Gasteiger partial charge in [0, 0.05) is 18.7 Å². The van der Waals surface area contributed by atoms with E-state index in [1.54, 1.807) is 23.2 Å². The molecule has 0 radical (unpaired) electrons. The first-order valence-electron chi connectivity index (χ1n) is 15.9. The molecule has 0 saturated carbocycles. The predicted octanol–water partition coefficient (Wildman–Crippen LogP) is 8.24. The molecule has 0 fully saturated rings. The van der Waals surface area contributed by atoms with Gasteiger partial charge in [0.15, 0.2) is 0 Å². The minimum absolute atomic E-state index is 0.231. The second-order valence-corrected chi connectivity index (χ2v) is 13.0. The smallest absolute Gasteiger partial charge is 0.410 e. The molecule has 0 spiro atoms. The first kappa shape index (κ1) is 30.8. The molecule has 0 saturated heterocycles. The molecule has 7 nitrogen and oxygen atoms in total. The summed E-state index contributed by atoms with van der Waals surface area (Å²) in [7, 11) is 0. The van der Waals surface area contributed by atoms with Gasteiger partial charge >= 0.3 is 6.09 Å². The van der Waals surface area contributed by atoms with Crippen LogP contribution in [0.1, 0.15) is 54.2 Å². The highest BCUT2D eigenvalue weighted by Crippen LogP contribution is 2.43. The molecule has 1 aliphatic heterocycles. The van der Waals surface area contributed by atoms with Crippen molar-refractivity contribution in [2.45, 2.75) is 44.9 Å². The number of pyridine rings is 1. The van der Waals surface area contributed by atoms with Crippen LogP contribution in [-0.2, 0) is 23.2 Å². The van der Waals surface area contributed by atoms with Crippen LogP contribution in [0.3, 0.4) is 0 Å². The molecule has 1 aliphatic rings. The molecule has 238 valence electrons. The Labute approximate surface area is 278 Å². The van der Waals surface area contributed by atoms with Gasteiger partial charge in [0.1, 0.15) is 28.5 Å². The van der Waals surface area contributed by atoms with Crippen molar-refractivity contribution in [2.24, 2.45) is 0 Å². The predicted molar refractivity (Wildman–Crippen MR) is 183 cm³/mol. The van der Waals surface area contributed by atoms with Gasteiger partial charge in [0.2, 0.25) is 0 Å². The van der Waals surface area contributed by atoms with Crippen LogP contribution < -0.4 is 0 Å². The number of aromatic nitrogens is 3. The summed E-state index contributed by atoms with van der Waals surface area (Å²) in [5.74, 6) is -0.470. The molecular formula is C40H34FN5O2. The minimum Gasteiger partial charge on any atom is -0.444 e. The van der Waals surface area contributed by atoms with Crippen molar-refractivity contribution in [3.63, 3.8) is 0 Å². The number of ether oxygens (including phenoxy) is 1. The maximum Gasteiger partial charge on any atom is 0.410 e. The maximum atomic E-state index is 15.8. The monoisotopic (exact) mass is 635 g/mol. The standard InChI is InChI=1S/C40H34FN5O2/c1-39(2,3)48-38(47)45-22-21-32-27(26-45)19-20-33(41)36(32)37-28(24-42)23-35-34(44-37)25-43-46(35)40(29-13-7-4-8-14-29,30-15-9-5-10-16-30)31-17-11-6-12-18-31/h4-20,23,25H,21-22,26H2,1-3H3. The highest BCUT2D eigenvalue weighted by atomic mass is 19.1. The number of halogens is 1. The fourth-order valence-electron chi connectivity index (χ4n) is 6.77. The second-order valence-electron chi connectivity index (χ2n) is 13.0. The SMILES string of the molecule is CC(C)(C)OC(=O)N1CCc2c(ccc(F)c2-c2nc3cnn(C(c4ccccc4)(c4ccccc4)c4ccccc4)c3cc2C#N)C1. The molecule has 8 heteroatoms. The van der Waals surface area contributed by atoms with E-state index in [2.05, 4.69) is 42.5 Å². The number of benzene rings is 4. The number of hydrogen-bond acceptors (Lipinski definition) is 5. The van der Waals surface area contributed by atoms with Gasteiger partial charge in [-0.2, -0.15) is 10.4 Å². The van der Waals surface area contributed by atoms with E-state index < -0.39 is 23.1 Å². The maximum absolute atomic E-state index is 15.8. The summed E-state index contributed by atoms with van der Waals surface area (Å²) < 4.78 is 23.4. The fraction of sp³-hybridized carbons (Fsp3) is 0.200. The molecule has 0 N–H and O–H groups in total. The summed E-state index contributed by atoms with van der Waals surface area (Å²) in [5, 5.41) is 15.5. The number of nitriles is 1. The van der Waals surface area contributed by atoms with Crippen LogP contribution >= 0.6 is 0 Å². The summed E-state index contributed by atoms with van der Waals surface area (Å²) in [4.78, 5) is 19.4. The first-order valence-corrected chi connectivity index (χ1v) is 15.9. The molecule has 0 bridgehead atoms. The van der Waals surface area contributed by atoms with Gasteiger partial charge in [-0.3, -0.25) is 0 Å². The third-order valence-corrected chi connectivity index (χ3v) is 8.81. The summed E-state index contributed by atoms with van der Waals surface area (Å²) in [6.45, 7) is 6.11. The second kappa shape index (κ2) is 12.1. The number of fused-ring (bicyclic) bond motifs is 2. The zero-order valence-electron chi connectivity index (χ0n) is 27.0. The summed E-state index contributed by atoms with van der Waals surface area (Å²) >= 11 is 0. The Morgan fingerprint density at radius 1 is 0.875 bits per heavy atom. The lowest BCUT2D eigenvalue weighted by molar-refractivity contribution is 0.0224. The van der Waals surface area contributed by atoms with Gasteiger partial charge in [-0.05, 0) is 67.1 Å². The topological polar surface area (TPSA) is 84.0 Å². The molecule has 48 heavy (non-hydrogen) atoms. The molecule has 0 aliphatic carbocycles. The van der Waals surface area contributed by atoms with Gasteiger partial charge < -0.3 is 9.64 Å². The highest BCUT2D eigenvalue weighted by molar-refractivity contribution is 5.84. The minimum atomic E-state index is -0.913. The summed E-state index contributed by atoms with van der Waals surface area (Å²) in [5.41, 5.74) is 4.85. The number of amides is 1. The Kier molecular flexibility index (Phi) is 7.76. The lowest BCUT2D eigenvalue weighted by atomic mass is 9.77. The van der Waals surface area contributed by atoms with Crippen molar-refractivity contribution in [3.05, 3.63) is 155 Å². The van der Waals surface area contributed by atoms with Crippen molar-refractivity contribution in [3.8, 4) is 17.3 Å². The van der Waals surface area contributed by atoms with Crippen LogP contribution in [0.5, 0.6) is 0 Å². The molecular weight excluding hydrogens is 601 g/mol. The average molecular weight is 636 g/mol. The number of rotatable bonds is 5. The van der Waals surface area contributed by atoms with E-state index in [-0.39, 0.29) is 23.4 Å². The van der Waals surface area contributed by atoms with Crippen LogP contribution in [0, 0.1) is 17.1 Å². The van der Waals surface area contributed by atoms with Gasteiger partial charge in [-0.1, -0.05) is 97.1 Å². The molecule has 6 aromatic rings. The van der Waals surface area contributed by atoms with Crippen molar-refractivity contribution in [2.75, 3.05) is 6.54 Å². The number of hydrogen-bond donors (Lipinski definition) is 0. The van der Waals surface area contributed by atoms with E-state index in [1.165, 1.54) is 6.07 Å². The molecule has 2 aromatic heterocycles. The van der Waals surface area contributed by atoms with Gasteiger partial charge in [0.25, 0.3) is 0 Å². The van der Waals surface area contributed by atoms with Gasteiger partial charge in [-0.25, -0.2) is 18.9 Å². The highest BCUT2D eigenvalue weighted by Gasteiger charge is 2.40. The van der Waals surface area contributed by atoms with Crippen molar-refractivity contribution in [1.82, 2.24) is 19.7 Å². The van der Waals surface area contributed by atoms with Crippen molar-refractivity contribution < 1.29 is 13.9 Å². The average Bonchev–Trinajstić information content (AvgIpc) is 3.51. The fourth-order valence-corrected chi connectivity index (χ4v) is 6.77. The van der Waals surface area contributed by atoms with E-state index in [9.17, 15) is 10.1 Å². The van der Waals surface area contributed by atoms with Crippen LogP contribution in [0.25, 0.3) is 22.3 Å². The normalized spacial score (nSPS) is 13.2. The number of nitrogens with zero attached hydrogens (tertiary/aromatic N) is 5. The first-order chi connectivity index (χ1) is 23.2. The van der Waals surface area contributed by atoms with Crippen LogP contribution in [0.4, 0.5) is 9.18 Å². The van der Waals surface area contributed by atoms with E-state index >= 15 is 4.39 Å².